The van der Waals surface area contributed by atoms with Gasteiger partial charge in [0, 0.05) is 11.9 Å². The molecule has 0 saturated heterocycles. The van der Waals surface area contributed by atoms with Crippen LogP contribution in [0.3, 0.4) is 0 Å². The van der Waals surface area contributed by atoms with Gasteiger partial charge in [0.1, 0.15) is 17.6 Å². The Morgan fingerprint density at radius 1 is 1.28 bits per heavy atom. The first-order valence-corrected chi connectivity index (χ1v) is 12.1. The summed E-state index contributed by atoms with van der Waals surface area (Å²) in [7, 11) is 0. The van der Waals surface area contributed by atoms with Crippen molar-refractivity contribution >= 4 is 57.0 Å². The van der Waals surface area contributed by atoms with Crippen LogP contribution < -0.4 is 10.6 Å². The molecule has 0 aliphatic rings. The minimum absolute atomic E-state index is 0.0716. The lowest BCUT2D eigenvalue weighted by Gasteiger charge is -2.18. The van der Waals surface area contributed by atoms with Crippen LogP contribution >= 0.6 is 39.5 Å². The molecule has 0 aliphatic heterocycles. The van der Waals surface area contributed by atoms with Crippen molar-refractivity contribution in [3.8, 4) is 0 Å². The highest BCUT2D eigenvalue weighted by Gasteiger charge is 2.24. The Labute approximate surface area is 186 Å². The number of aromatic nitrogens is 2. The van der Waals surface area contributed by atoms with Gasteiger partial charge < -0.3 is 10.6 Å². The van der Waals surface area contributed by atoms with Crippen molar-refractivity contribution in [1.29, 1.82) is 0 Å². The number of nitrogens with one attached hydrogen (secondary N) is 2. The summed E-state index contributed by atoms with van der Waals surface area (Å²) in [5, 5.41) is 5.76. The van der Waals surface area contributed by atoms with Crippen LogP contribution in [0.25, 0.3) is 0 Å². The van der Waals surface area contributed by atoms with Gasteiger partial charge in [0.25, 0.3) is 5.91 Å². The topological polar surface area (TPSA) is 84.0 Å². The second kappa shape index (κ2) is 12.1. The van der Waals surface area contributed by atoms with E-state index < -0.39 is 23.7 Å². The summed E-state index contributed by atoms with van der Waals surface area (Å²) in [5.74, 6) is -0.0231. The Bertz CT molecular complexity index is 857. The Kier molecular flexibility index (Phi) is 9.89. The van der Waals surface area contributed by atoms with Crippen molar-refractivity contribution in [2.45, 2.75) is 31.0 Å². The van der Waals surface area contributed by atoms with E-state index in [0.29, 0.717) is 21.8 Å². The van der Waals surface area contributed by atoms with E-state index in [4.69, 9.17) is 0 Å². The molecule has 6 nitrogen and oxygen atoms in total. The van der Waals surface area contributed by atoms with Crippen LogP contribution in [0.5, 0.6) is 0 Å². The number of carbonyl (C=O) groups is 2. The molecule has 2 N–H and O–H groups in total. The standard InChI is InChI=1S/C19H22BrFN4O2S2/c1-3-9-29-19-22-11-12(20)16(25-19)18(27)24-15(8-10-28-2)17(26)23-14-7-5-4-6-13(14)21/h4-7,11,15H,3,8-10H2,1-2H3,(H,23,26)(H,24,27)/t15-/m0/s1. The lowest BCUT2D eigenvalue weighted by molar-refractivity contribution is -0.118. The highest BCUT2D eigenvalue weighted by Crippen LogP contribution is 2.20. The zero-order valence-electron chi connectivity index (χ0n) is 16.1. The van der Waals surface area contributed by atoms with E-state index in [2.05, 4.69) is 36.5 Å². The first kappa shape index (κ1) is 23.6. The molecular formula is C19H22BrFN4O2S2. The molecular weight excluding hydrogens is 479 g/mol. The SMILES string of the molecule is CCCSc1ncc(Br)c(C(=O)N[C@@H](CCSC)C(=O)Nc2ccccc2F)n1. The molecule has 1 aromatic carbocycles. The first-order chi connectivity index (χ1) is 14.0. The van der Waals surface area contributed by atoms with Crippen LogP contribution in [0.2, 0.25) is 0 Å². The quantitative estimate of drug-likeness (QED) is 0.372. The van der Waals surface area contributed by atoms with E-state index >= 15 is 0 Å². The van der Waals surface area contributed by atoms with Crippen LogP contribution in [-0.4, -0.2) is 45.6 Å². The molecule has 29 heavy (non-hydrogen) atoms. The predicted molar refractivity (Wildman–Crippen MR) is 120 cm³/mol. The predicted octanol–water partition coefficient (Wildman–Crippen LogP) is 4.37. The third-order valence-electron chi connectivity index (χ3n) is 3.74. The summed E-state index contributed by atoms with van der Waals surface area (Å²) in [6.07, 6.45) is 4.79. The number of halogens is 2. The van der Waals surface area contributed by atoms with Crippen LogP contribution in [-0.2, 0) is 4.79 Å². The molecule has 0 fully saturated rings. The van der Waals surface area contributed by atoms with Crippen molar-refractivity contribution in [2.75, 3.05) is 23.1 Å². The lowest BCUT2D eigenvalue weighted by Crippen LogP contribution is -2.44. The average Bonchev–Trinajstić information content (AvgIpc) is 2.71. The lowest BCUT2D eigenvalue weighted by atomic mass is 10.2. The summed E-state index contributed by atoms with van der Waals surface area (Å²) in [4.78, 5) is 34.0. The molecule has 0 saturated carbocycles. The maximum absolute atomic E-state index is 13.9. The highest BCUT2D eigenvalue weighted by atomic mass is 79.9. The summed E-state index contributed by atoms with van der Waals surface area (Å²) in [6.45, 7) is 2.05. The summed E-state index contributed by atoms with van der Waals surface area (Å²) in [6, 6.07) is 5.07. The van der Waals surface area contributed by atoms with Crippen LogP contribution in [0.4, 0.5) is 10.1 Å². The number of amides is 2. The molecule has 1 atom stereocenters. The van der Waals surface area contributed by atoms with Crippen molar-refractivity contribution in [2.24, 2.45) is 0 Å². The van der Waals surface area contributed by atoms with Crippen molar-refractivity contribution in [3.05, 3.63) is 46.4 Å². The Balaban J connectivity index is 2.15. The normalized spacial score (nSPS) is 11.7. The number of hydrogen-bond acceptors (Lipinski definition) is 6. The smallest absolute Gasteiger partial charge is 0.271 e. The zero-order valence-corrected chi connectivity index (χ0v) is 19.3. The first-order valence-electron chi connectivity index (χ1n) is 8.96. The van der Waals surface area contributed by atoms with E-state index in [1.54, 1.807) is 23.9 Å². The molecule has 2 amide bonds. The fourth-order valence-electron chi connectivity index (χ4n) is 2.29. The van der Waals surface area contributed by atoms with Gasteiger partial charge in [0.2, 0.25) is 5.91 Å². The Morgan fingerprint density at radius 3 is 2.72 bits per heavy atom. The molecule has 156 valence electrons. The second-order valence-electron chi connectivity index (χ2n) is 5.97. The number of para-hydroxylation sites is 1. The third kappa shape index (κ3) is 7.27. The second-order valence-corrected chi connectivity index (χ2v) is 8.88. The molecule has 1 heterocycles. The molecule has 0 bridgehead atoms. The number of benzene rings is 1. The number of hydrogen-bond donors (Lipinski definition) is 2. The molecule has 0 radical (unpaired) electrons. The largest absolute Gasteiger partial charge is 0.339 e. The summed E-state index contributed by atoms with van der Waals surface area (Å²) < 4.78 is 14.3. The number of nitrogens with zero attached hydrogens (tertiary/aromatic N) is 2. The molecule has 0 unspecified atom stereocenters. The van der Waals surface area contributed by atoms with Gasteiger partial charge >= 0.3 is 0 Å². The van der Waals surface area contributed by atoms with E-state index in [9.17, 15) is 14.0 Å². The van der Waals surface area contributed by atoms with Crippen LogP contribution in [0.1, 0.15) is 30.3 Å². The van der Waals surface area contributed by atoms with E-state index in [1.807, 2.05) is 13.2 Å². The Hall–Kier alpha value is -1.65. The Morgan fingerprint density at radius 2 is 2.03 bits per heavy atom. The minimum atomic E-state index is -0.830. The van der Waals surface area contributed by atoms with Crippen molar-refractivity contribution < 1.29 is 14.0 Å². The number of rotatable bonds is 10. The molecule has 2 rings (SSSR count). The third-order valence-corrected chi connectivity index (χ3v) is 6.03. The molecule has 2 aromatic rings. The number of carbonyl (C=O) groups excluding carboxylic acids is 2. The summed E-state index contributed by atoms with van der Waals surface area (Å²) >= 11 is 6.30. The van der Waals surface area contributed by atoms with Gasteiger partial charge in [0.15, 0.2) is 5.16 Å². The van der Waals surface area contributed by atoms with Gasteiger partial charge in [-0.1, -0.05) is 30.8 Å². The zero-order chi connectivity index (χ0) is 21.2. The average molecular weight is 501 g/mol. The number of thioether (sulfide) groups is 2. The van der Waals surface area contributed by atoms with Gasteiger partial charge in [-0.3, -0.25) is 9.59 Å². The highest BCUT2D eigenvalue weighted by molar-refractivity contribution is 9.10. The van der Waals surface area contributed by atoms with Gasteiger partial charge in [0.05, 0.1) is 10.2 Å². The fraction of sp³-hybridized carbons (Fsp3) is 0.368. The monoisotopic (exact) mass is 500 g/mol. The maximum atomic E-state index is 13.9. The van der Waals surface area contributed by atoms with Gasteiger partial charge in [-0.15, -0.1) is 0 Å². The van der Waals surface area contributed by atoms with E-state index in [1.165, 1.54) is 30.1 Å². The van der Waals surface area contributed by atoms with E-state index in [-0.39, 0.29) is 11.4 Å². The van der Waals surface area contributed by atoms with Gasteiger partial charge in [-0.05, 0) is 52.9 Å². The summed E-state index contributed by atoms with van der Waals surface area (Å²) in [5.41, 5.74) is 0.230. The van der Waals surface area contributed by atoms with E-state index in [0.717, 1.165) is 12.2 Å². The van der Waals surface area contributed by atoms with Crippen LogP contribution in [0, 0.1) is 5.82 Å². The van der Waals surface area contributed by atoms with Crippen LogP contribution in [0.15, 0.2) is 40.1 Å². The van der Waals surface area contributed by atoms with Crippen molar-refractivity contribution in [1.82, 2.24) is 15.3 Å². The fourth-order valence-corrected chi connectivity index (χ4v) is 3.80. The maximum Gasteiger partial charge on any atom is 0.271 e. The van der Waals surface area contributed by atoms with Crippen molar-refractivity contribution in [3.63, 3.8) is 0 Å². The minimum Gasteiger partial charge on any atom is -0.339 e. The molecule has 1 aromatic heterocycles. The number of anilines is 1. The molecule has 0 spiro atoms. The molecule has 0 aliphatic carbocycles. The molecule has 10 heteroatoms. The van der Waals surface area contributed by atoms with Gasteiger partial charge in [-0.2, -0.15) is 11.8 Å². The van der Waals surface area contributed by atoms with Gasteiger partial charge in [-0.25, -0.2) is 14.4 Å².